The Hall–Kier alpha value is -2.72. The lowest BCUT2D eigenvalue weighted by Gasteiger charge is -2.40. The Morgan fingerprint density at radius 3 is 2.28 bits per heavy atom. The maximum Gasteiger partial charge on any atom is 0.123 e. The van der Waals surface area contributed by atoms with Crippen LogP contribution in [0.15, 0.2) is 90.0 Å². The van der Waals surface area contributed by atoms with Crippen molar-refractivity contribution in [2.24, 2.45) is 0 Å². The minimum absolute atomic E-state index is 0.181. The SMILES string of the molecule is CSc1ccc(N2CN(Cc3ccc(F)cc3)C=CC2c2ccc(C)cc2)cc1. The van der Waals surface area contributed by atoms with Crippen LogP contribution in [0.4, 0.5) is 10.1 Å². The lowest BCUT2D eigenvalue weighted by molar-refractivity contribution is 0.338. The number of rotatable bonds is 5. The van der Waals surface area contributed by atoms with Gasteiger partial charge >= 0.3 is 0 Å². The average molecular weight is 405 g/mol. The zero-order valence-electron chi connectivity index (χ0n) is 16.8. The molecule has 3 aromatic rings. The first-order valence-electron chi connectivity index (χ1n) is 9.76. The molecular weight excluding hydrogens is 379 g/mol. The Morgan fingerprint density at radius 2 is 1.62 bits per heavy atom. The molecule has 4 rings (SSSR count). The topological polar surface area (TPSA) is 6.48 Å². The van der Waals surface area contributed by atoms with Crippen LogP contribution in [0.1, 0.15) is 22.7 Å². The first kappa shape index (κ1) is 19.6. The van der Waals surface area contributed by atoms with Crippen molar-refractivity contribution in [2.45, 2.75) is 24.4 Å². The number of nitrogens with zero attached hydrogens (tertiary/aromatic N) is 2. The molecule has 1 atom stereocenters. The third kappa shape index (κ3) is 4.65. The maximum absolute atomic E-state index is 13.2. The largest absolute Gasteiger partial charge is 0.356 e. The highest BCUT2D eigenvalue weighted by Crippen LogP contribution is 2.33. The molecule has 0 N–H and O–H groups in total. The summed E-state index contributed by atoms with van der Waals surface area (Å²) in [5.74, 6) is -0.196. The van der Waals surface area contributed by atoms with Gasteiger partial charge in [0.05, 0.1) is 12.7 Å². The minimum Gasteiger partial charge on any atom is -0.356 e. The molecule has 0 bridgehead atoms. The van der Waals surface area contributed by atoms with E-state index >= 15 is 0 Å². The molecule has 1 aliphatic heterocycles. The van der Waals surface area contributed by atoms with Crippen LogP contribution in [-0.2, 0) is 6.54 Å². The number of hydrogen-bond donors (Lipinski definition) is 0. The van der Waals surface area contributed by atoms with E-state index in [9.17, 15) is 4.39 Å². The van der Waals surface area contributed by atoms with Gasteiger partial charge in [-0.15, -0.1) is 11.8 Å². The maximum atomic E-state index is 13.2. The van der Waals surface area contributed by atoms with Crippen molar-refractivity contribution in [3.8, 4) is 0 Å². The van der Waals surface area contributed by atoms with Crippen LogP contribution in [0.3, 0.4) is 0 Å². The van der Waals surface area contributed by atoms with Gasteiger partial charge in [-0.25, -0.2) is 4.39 Å². The Labute approximate surface area is 176 Å². The normalized spacial score (nSPS) is 16.3. The summed E-state index contributed by atoms with van der Waals surface area (Å²) in [6.07, 6.45) is 6.51. The second-order valence-corrected chi connectivity index (χ2v) is 8.26. The van der Waals surface area contributed by atoms with E-state index in [1.54, 1.807) is 11.8 Å². The molecule has 1 unspecified atom stereocenters. The molecule has 4 heteroatoms. The van der Waals surface area contributed by atoms with E-state index < -0.39 is 0 Å². The van der Waals surface area contributed by atoms with Gasteiger partial charge in [0, 0.05) is 17.1 Å². The third-order valence-corrected chi connectivity index (χ3v) is 6.01. The molecule has 2 nitrogen and oxygen atoms in total. The van der Waals surface area contributed by atoms with Crippen molar-refractivity contribution >= 4 is 17.4 Å². The first-order chi connectivity index (χ1) is 14.1. The van der Waals surface area contributed by atoms with Crippen LogP contribution in [0.2, 0.25) is 0 Å². The van der Waals surface area contributed by atoms with E-state index in [2.05, 4.69) is 83.8 Å². The summed E-state index contributed by atoms with van der Waals surface area (Å²) < 4.78 is 13.2. The van der Waals surface area contributed by atoms with E-state index in [-0.39, 0.29) is 11.9 Å². The second-order valence-electron chi connectivity index (χ2n) is 7.38. The van der Waals surface area contributed by atoms with Gasteiger partial charge in [-0.2, -0.15) is 0 Å². The van der Waals surface area contributed by atoms with Crippen molar-refractivity contribution in [1.29, 1.82) is 0 Å². The van der Waals surface area contributed by atoms with Gasteiger partial charge in [0.25, 0.3) is 0 Å². The molecule has 0 radical (unpaired) electrons. The fourth-order valence-electron chi connectivity index (χ4n) is 3.64. The summed E-state index contributed by atoms with van der Waals surface area (Å²) in [4.78, 5) is 5.94. The second kappa shape index (κ2) is 8.75. The predicted octanol–water partition coefficient (Wildman–Crippen LogP) is 6.39. The van der Waals surface area contributed by atoms with Crippen molar-refractivity contribution in [3.05, 3.63) is 108 Å². The zero-order chi connectivity index (χ0) is 20.2. The summed E-state index contributed by atoms with van der Waals surface area (Å²) in [5, 5.41) is 0. The monoisotopic (exact) mass is 404 g/mol. The van der Waals surface area contributed by atoms with E-state index in [0.717, 1.165) is 18.8 Å². The fraction of sp³-hybridized carbons (Fsp3) is 0.200. The van der Waals surface area contributed by atoms with E-state index in [1.807, 2.05) is 12.1 Å². The van der Waals surface area contributed by atoms with Crippen LogP contribution in [0.5, 0.6) is 0 Å². The summed E-state index contributed by atoms with van der Waals surface area (Å²) >= 11 is 1.75. The molecule has 0 saturated carbocycles. The van der Waals surface area contributed by atoms with Crippen molar-refractivity contribution in [2.75, 3.05) is 17.8 Å². The van der Waals surface area contributed by atoms with Gasteiger partial charge in [0.15, 0.2) is 0 Å². The lowest BCUT2D eigenvalue weighted by Crippen LogP contribution is -2.40. The lowest BCUT2D eigenvalue weighted by atomic mass is 10.0. The quantitative estimate of drug-likeness (QED) is 0.455. The van der Waals surface area contributed by atoms with Crippen LogP contribution < -0.4 is 4.90 Å². The molecule has 1 heterocycles. The highest BCUT2D eigenvalue weighted by atomic mass is 32.2. The molecule has 1 aliphatic rings. The summed E-state index contributed by atoms with van der Waals surface area (Å²) in [6.45, 7) is 3.63. The van der Waals surface area contributed by atoms with Crippen LogP contribution in [-0.4, -0.2) is 17.8 Å². The number of thioether (sulfide) groups is 1. The van der Waals surface area contributed by atoms with E-state index in [0.29, 0.717) is 0 Å². The number of benzene rings is 3. The highest BCUT2D eigenvalue weighted by molar-refractivity contribution is 7.98. The van der Waals surface area contributed by atoms with E-state index in [1.165, 1.54) is 33.8 Å². The summed E-state index contributed by atoms with van der Waals surface area (Å²) in [6, 6.07) is 24.4. The van der Waals surface area contributed by atoms with Crippen molar-refractivity contribution < 1.29 is 4.39 Å². The number of anilines is 1. The van der Waals surface area contributed by atoms with Gasteiger partial charge < -0.3 is 9.80 Å². The molecular formula is C25H25FN2S. The van der Waals surface area contributed by atoms with Crippen LogP contribution in [0.25, 0.3) is 0 Å². The zero-order valence-corrected chi connectivity index (χ0v) is 17.6. The van der Waals surface area contributed by atoms with E-state index in [4.69, 9.17) is 0 Å². The Kier molecular flexibility index (Phi) is 5.91. The molecule has 3 aromatic carbocycles. The average Bonchev–Trinajstić information content (AvgIpc) is 2.76. The highest BCUT2D eigenvalue weighted by Gasteiger charge is 2.24. The Balaban J connectivity index is 1.63. The van der Waals surface area contributed by atoms with Crippen LogP contribution >= 0.6 is 11.8 Å². The molecule has 0 aromatic heterocycles. The predicted molar refractivity (Wildman–Crippen MR) is 121 cm³/mol. The standard InChI is InChI=1S/C25H25FN2S/c1-19-3-7-21(8-4-19)25-15-16-27(17-20-5-9-22(26)10-6-20)18-28(25)23-11-13-24(29-2)14-12-23/h3-16,25H,17-18H2,1-2H3. The van der Waals surface area contributed by atoms with Gasteiger partial charge in [0.2, 0.25) is 0 Å². The van der Waals surface area contributed by atoms with Gasteiger partial charge in [-0.3, -0.25) is 0 Å². The first-order valence-corrected chi connectivity index (χ1v) is 11.0. The fourth-order valence-corrected chi connectivity index (χ4v) is 4.04. The van der Waals surface area contributed by atoms with Gasteiger partial charge in [-0.05, 0) is 73.0 Å². The molecule has 0 amide bonds. The Morgan fingerprint density at radius 1 is 0.931 bits per heavy atom. The van der Waals surface area contributed by atoms with Crippen LogP contribution in [0, 0.1) is 12.7 Å². The van der Waals surface area contributed by atoms with Crippen molar-refractivity contribution in [1.82, 2.24) is 4.90 Å². The Bertz CT molecular complexity index is 965. The molecule has 29 heavy (non-hydrogen) atoms. The van der Waals surface area contributed by atoms with Gasteiger partial charge in [0.1, 0.15) is 5.82 Å². The van der Waals surface area contributed by atoms with Crippen molar-refractivity contribution in [3.63, 3.8) is 0 Å². The third-order valence-electron chi connectivity index (χ3n) is 5.27. The molecule has 0 spiro atoms. The molecule has 0 aliphatic carbocycles. The minimum atomic E-state index is -0.196. The summed E-state index contributed by atoms with van der Waals surface area (Å²) in [7, 11) is 0. The number of aryl methyl sites for hydroxylation is 1. The van der Waals surface area contributed by atoms with Gasteiger partial charge in [-0.1, -0.05) is 42.0 Å². The number of hydrogen-bond acceptors (Lipinski definition) is 3. The smallest absolute Gasteiger partial charge is 0.123 e. The summed E-state index contributed by atoms with van der Waals surface area (Å²) in [5.41, 5.74) is 4.84. The molecule has 0 saturated heterocycles. The molecule has 0 fully saturated rings. The molecule has 148 valence electrons. The number of halogens is 1.